The van der Waals surface area contributed by atoms with Gasteiger partial charge in [0.25, 0.3) is 0 Å². The molecule has 0 aromatic heterocycles. The molecule has 0 aliphatic rings. The number of para-hydroxylation sites is 1. The van der Waals surface area contributed by atoms with Crippen molar-refractivity contribution in [2.75, 3.05) is 6.61 Å². The van der Waals surface area contributed by atoms with Crippen LogP contribution in [-0.4, -0.2) is 28.9 Å². The Kier molecular flexibility index (Phi) is 13.4. The van der Waals surface area contributed by atoms with Crippen molar-refractivity contribution in [1.29, 1.82) is 0 Å². The van der Waals surface area contributed by atoms with Crippen molar-refractivity contribution < 1.29 is 14.3 Å². The van der Waals surface area contributed by atoms with Gasteiger partial charge in [-0.2, -0.15) is 0 Å². The van der Waals surface area contributed by atoms with Crippen LogP contribution in [0.2, 0.25) is 0 Å². The summed E-state index contributed by atoms with van der Waals surface area (Å²) in [6.07, 6.45) is 13.4. The second kappa shape index (κ2) is 15.4. The Morgan fingerprint density at radius 3 is 2.39 bits per heavy atom. The van der Waals surface area contributed by atoms with Crippen molar-refractivity contribution in [3.05, 3.63) is 36.9 Å². The molecule has 2 unspecified atom stereocenters. The molecule has 2 atom stereocenters. The maximum atomic E-state index is 11.0. The third-order valence-electron chi connectivity index (χ3n) is 5.17. The summed E-state index contributed by atoms with van der Waals surface area (Å²) in [6.45, 7) is 8.37. The summed E-state index contributed by atoms with van der Waals surface area (Å²) >= 11 is 0. The minimum atomic E-state index is -0.325. The van der Waals surface area contributed by atoms with Gasteiger partial charge in [0.05, 0.1) is 23.0 Å². The van der Waals surface area contributed by atoms with Crippen LogP contribution in [0.25, 0.3) is 0 Å². The molecule has 0 aliphatic carbocycles. The van der Waals surface area contributed by atoms with Gasteiger partial charge in [-0.1, -0.05) is 76.6 Å². The Labute approximate surface area is 175 Å². The molecular formula is C24H37O3Si. The number of esters is 1. The number of hydrogen-bond donors (Lipinski definition) is 0. The van der Waals surface area contributed by atoms with Crippen LogP contribution in [0.3, 0.4) is 0 Å². The van der Waals surface area contributed by atoms with E-state index in [2.05, 4.69) is 30.7 Å². The fourth-order valence-electron chi connectivity index (χ4n) is 3.41. The molecular weight excluding hydrogens is 364 g/mol. The van der Waals surface area contributed by atoms with Gasteiger partial charge >= 0.3 is 5.97 Å². The van der Waals surface area contributed by atoms with Gasteiger partial charge in [-0.05, 0) is 43.4 Å². The molecule has 0 N–H and O–H groups in total. The number of benzene rings is 1. The van der Waals surface area contributed by atoms with E-state index in [1.54, 1.807) is 0 Å². The molecule has 1 aromatic rings. The van der Waals surface area contributed by atoms with Crippen LogP contribution in [0.5, 0.6) is 5.75 Å². The van der Waals surface area contributed by atoms with E-state index >= 15 is 0 Å². The summed E-state index contributed by atoms with van der Waals surface area (Å²) in [4.78, 5) is 11.0. The number of unbranched alkanes of at least 4 members (excludes halogenated alkanes) is 6. The Morgan fingerprint density at radius 2 is 1.71 bits per heavy atom. The summed E-state index contributed by atoms with van der Waals surface area (Å²) < 4.78 is 11.3. The summed E-state index contributed by atoms with van der Waals surface area (Å²) in [5, 5.41) is 1.01. The highest BCUT2D eigenvalue weighted by atomic mass is 28.1. The lowest BCUT2D eigenvalue weighted by molar-refractivity contribution is -0.137. The van der Waals surface area contributed by atoms with E-state index in [1.165, 1.54) is 57.4 Å². The van der Waals surface area contributed by atoms with Gasteiger partial charge in [0.1, 0.15) is 5.75 Å². The first-order valence-corrected chi connectivity index (χ1v) is 11.3. The molecule has 3 nitrogen and oxygen atoms in total. The summed E-state index contributed by atoms with van der Waals surface area (Å²) in [5.41, 5.74) is 0. The molecule has 1 rings (SSSR count). The second-order valence-corrected chi connectivity index (χ2v) is 8.04. The molecule has 4 heteroatoms. The van der Waals surface area contributed by atoms with E-state index in [0.717, 1.165) is 23.8 Å². The lowest BCUT2D eigenvalue weighted by atomic mass is 9.90. The Hall–Kier alpha value is -1.55. The third-order valence-corrected chi connectivity index (χ3v) is 5.59. The van der Waals surface area contributed by atoms with E-state index in [0.29, 0.717) is 12.5 Å². The number of rotatable bonds is 16. The van der Waals surface area contributed by atoms with Gasteiger partial charge in [-0.25, -0.2) is 4.79 Å². The first-order valence-electron chi connectivity index (χ1n) is 10.8. The lowest BCUT2D eigenvalue weighted by Gasteiger charge is -2.26. The zero-order chi connectivity index (χ0) is 20.6. The quantitative estimate of drug-likeness (QED) is 0.158. The average Bonchev–Trinajstić information content (AvgIpc) is 2.70. The molecule has 0 fully saturated rings. The van der Waals surface area contributed by atoms with E-state index in [1.807, 2.05) is 24.3 Å². The predicted molar refractivity (Wildman–Crippen MR) is 118 cm³/mol. The molecule has 0 spiro atoms. The zero-order valence-electron chi connectivity index (χ0n) is 17.8. The molecule has 28 heavy (non-hydrogen) atoms. The van der Waals surface area contributed by atoms with Gasteiger partial charge < -0.3 is 9.47 Å². The fourth-order valence-corrected chi connectivity index (χ4v) is 3.65. The second-order valence-electron chi connectivity index (χ2n) is 7.50. The molecule has 155 valence electrons. The average molecular weight is 402 g/mol. The number of ether oxygens (including phenoxy) is 2. The van der Waals surface area contributed by atoms with E-state index in [-0.39, 0.29) is 12.1 Å². The molecule has 0 saturated heterocycles. The SMILES string of the molecule is C=CC(=O)OCCCCCCCC(CCCCC)C(C)Oc1ccccc1[Si]. The molecule has 0 heterocycles. The maximum Gasteiger partial charge on any atom is 0.330 e. The summed E-state index contributed by atoms with van der Waals surface area (Å²) in [7, 11) is 3.64. The Morgan fingerprint density at radius 1 is 1.07 bits per heavy atom. The maximum absolute atomic E-state index is 11.0. The molecule has 0 bridgehead atoms. The first-order chi connectivity index (χ1) is 13.6. The number of carbonyl (C=O) groups is 1. The fraction of sp³-hybridized carbons (Fsp3) is 0.625. The van der Waals surface area contributed by atoms with Crippen molar-refractivity contribution in [1.82, 2.24) is 0 Å². The molecule has 1 aromatic carbocycles. The van der Waals surface area contributed by atoms with Crippen LogP contribution in [0.1, 0.15) is 78.1 Å². The van der Waals surface area contributed by atoms with Gasteiger partial charge in [-0.3, -0.25) is 0 Å². The molecule has 3 radical (unpaired) electrons. The number of carbonyl (C=O) groups excluding carboxylic acids is 1. The largest absolute Gasteiger partial charge is 0.491 e. The van der Waals surface area contributed by atoms with Crippen LogP contribution < -0.4 is 9.92 Å². The summed E-state index contributed by atoms with van der Waals surface area (Å²) in [5.74, 6) is 1.20. The van der Waals surface area contributed by atoms with Crippen LogP contribution in [0.4, 0.5) is 0 Å². The first kappa shape index (κ1) is 24.5. The molecule has 0 amide bonds. The van der Waals surface area contributed by atoms with Crippen LogP contribution in [0, 0.1) is 5.92 Å². The van der Waals surface area contributed by atoms with Crippen molar-refractivity contribution in [3.63, 3.8) is 0 Å². The van der Waals surface area contributed by atoms with Gasteiger partial charge in [-0.15, -0.1) is 0 Å². The Balaban J connectivity index is 2.33. The minimum absolute atomic E-state index is 0.215. The van der Waals surface area contributed by atoms with Crippen molar-refractivity contribution in [2.45, 2.75) is 84.2 Å². The number of hydrogen-bond acceptors (Lipinski definition) is 3. The predicted octanol–water partition coefficient (Wildman–Crippen LogP) is 5.51. The smallest absolute Gasteiger partial charge is 0.330 e. The third kappa shape index (κ3) is 10.7. The van der Waals surface area contributed by atoms with Gasteiger partial charge in [0.15, 0.2) is 0 Å². The molecule has 0 aliphatic heterocycles. The molecule has 0 saturated carbocycles. The van der Waals surface area contributed by atoms with Crippen LogP contribution >= 0.6 is 0 Å². The van der Waals surface area contributed by atoms with E-state index in [9.17, 15) is 4.79 Å². The zero-order valence-corrected chi connectivity index (χ0v) is 18.8. The van der Waals surface area contributed by atoms with Crippen LogP contribution in [-0.2, 0) is 9.53 Å². The van der Waals surface area contributed by atoms with Gasteiger partial charge in [0, 0.05) is 6.08 Å². The Bertz CT molecular complexity index is 559. The van der Waals surface area contributed by atoms with Crippen molar-refractivity contribution >= 4 is 21.4 Å². The van der Waals surface area contributed by atoms with E-state index < -0.39 is 0 Å². The highest BCUT2D eigenvalue weighted by Crippen LogP contribution is 2.24. The summed E-state index contributed by atoms with van der Waals surface area (Å²) in [6, 6.07) is 8.08. The van der Waals surface area contributed by atoms with Crippen LogP contribution in [0.15, 0.2) is 36.9 Å². The lowest BCUT2D eigenvalue weighted by Crippen LogP contribution is -2.26. The topological polar surface area (TPSA) is 35.5 Å². The minimum Gasteiger partial charge on any atom is -0.491 e. The highest BCUT2D eigenvalue weighted by Gasteiger charge is 2.19. The van der Waals surface area contributed by atoms with Crippen molar-refractivity contribution in [2.24, 2.45) is 5.92 Å². The van der Waals surface area contributed by atoms with E-state index in [4.69, 9.17) is 9.47 Å². The normalized spacial score (nSPS) is 13.0. The van der Waals surface area contributed by atoms with Gasteiger partial charge in [0.2, 0.25) is 0 Å². The monoisotopic (exact) mass is 401 g/mol. The highest BCUT2D eigenvalue weighted by molar-refractivity contribution is 6.34. The van der Waals surface area contributed by atoms with Crippen molar-refractivity contribution in [3.8, 4) is 5.75 Å². The standard InChI is InChI=1S/C24H37O3Si/c1-4-6-10-15-21(20(3)27-22-17-12-13-18-23(22)28)16-11-8-7-9-14-19-26-24(25)5-2/h5,12-13,17-18,20-21H,2,4,6-11,14-16,19H2,1,3H3.